The summed E-state index contributed by atoms with van der Waals surface area (Å²) >= 11 is 0. The third kappa shape index (κ3) is 5.34. The number of aliphatic hydroxyl groups is 4. The van der Waals surface area contributed by atoms with Gasteiger partial charge < -0.3 is 34.6 Å². The van der Waals surface area contributed by atoms with Gasteiger partial charge in [-0.15, -0.1) is 0 Å². The summed E-state index contributed by atoms with van der Waals surface area (Å²) in [7, 11) is 0. The highest BCUT2D eigenvalue weighted by Crippen LogP contribution is 2.22. The first kappa shape index (κ1) is 20.5. The minimum atomic E-state index is -1.48. The van der Waals surface area contributed by atoms with E-state index in [1.54, 1.807) is 43.3 Å². The second-order valence-corrected chi connectivity index (χ2v) is 6.02. The van der Waals surface area contributed by atoms with Crippen LogP contribution in [0.25, 0.3) is 0 Å². The molecule has 0 aromatic heterocycles. The van der Waals surface area contributed by atoms with Gasteiger partial charge in [0.2, 0.25) is 0 Å². The van der Waals surface area contributed by atoms with Gasteiger partial charge in [-0.3, -0.25) is 0 Å². The lowest BCUT2D eigenvalue weighted by atomic mass is 9.99. The molecule has 1 aliphatic heterocycles. The number of rotatable bonds is 7. The Hall–Kier alpha value is -1.81. The van der Waals surface area contributed by atoms with E-state index in [9.17, 15) is 20.1 Å². The van der Waals surface area contributed by atoms with Crippen molar-refractivity contribution in [3.05, 3.63) is 47.5 Å². The van der Waals surface area contributed by atoms with Crippen LogP contribution in [0.4, 0.5) is 0 Å². The van der Waals surface area contributed by atoms with E-state index in [1.165, 1.54) is 0 Å². The molecule has 1 saturated heterocycles. The molecule has 8 heteroatoms. The minimum absolute atomic E-state index is 0.0472. The molecule has 1 heterocycles. The summed E-state index contributed by atoms with van der Waals surface area (Å²) < 4.78 is 15.7. The maximum Gasteiger partial charge on any atom is 0.338 e. The topological polar surface area (TPSA) is 126 Å². The third-order valence-electron chi connectivity index (χ3n) is 3.98. The van der Waals surface area contributed by atoms with Crippen molar-refractivity contribution in [2.24, 2.45) is 0 Å². The van der Waals surface area contributed by atoms with E-state index < -0.39 is 43.3 Å². The Labute approximate surface area is 151 Å². The first-order valence-corrected chi connectivity index (χ1v) is 8.24. The van der Waals surface area contributed by atoms with Crippen LogP contribution in [-0.2, 0) is 14.2 Å². The monoisotopic (exact) mass is 368 g/mol. The standard InChI is InChI=1S/C18H24O8/c1-11(7-8-24-17(23)12-5-3-2-4-6-12)10-25-18-16(22)15(21)14(20)13(9-19)26-18/h2-7,13-16,18-22H,8-10H2,1H3/b11-7+/t13-,14-,15+,16-,18-/m1/s1. The minimum Gasteiger partial charge on any atom is -0.458 e. The normalized spacial score (nSPS) is 29.4. The lowest BCUT2D eigenvalue weighted by molar-refractivity contribution is -0.299. The molecule has 1 aromatic rings. The van der Waals surface area contributed by atoms with Gasteiger partial charge >= 0.3 is 5.97 Å². The molecule has 1 aromatic carbocycles. The summed E-state index contributed by atoms with van der Waals surface area (Å²) in [6, 6.07) is 8.59. The first-order chi connectivity index (χ1) is 12.4. The van der Waals surface area contributed by atoms with E-state index in [0.717, 1.165) is 0 Å². The Morgan fingerprint density at radius 2 is 1.85 bits per heavy atom. The van der Waals surface area contributed by atoms with Gasteiger partial charge in [-0.1, -0.05) is 18.2 Å². The summed E-state index contributed by atoms with van der Waals surface area (Å²) in [5, 5.41) is 38.4. The van der Waals surface area contributed by atoms with Gasteiger partial charge in [-0.25, -0.2) is 4.79 Å². The summed E-state index contributed by atoms with van der Waals surface area (Å²) in [5.41, 5.74) is 1.17. The smallest absolute Gasteiger partial charge is 0.338 e. The highest BCUT2D eigenvalue weighted by Gasteiger charge is 2.43. The Morgan fingerprint density at radius 3 is 2.50 bits per heavy atom. The summed E-state index contributed by atoms with van der Waals surface area (Å²) in [6.07, 6.45) is -4.93. The number of hydrogen-bond acceptors (Lipinski definition) is 8. The molecule has 0 radical (unpaired) electrons. The van der Waals surface area contributed by atoms with Crippen LogP contribution in [0.3, 0.4) is 0 Å². The molecule has 26 heavy (non-hydrogen) atoms. The van der Waals surface area contributed by atoms with Crippen LogP contribution in [0.1, 0.15) is 17.3 Å². The summed E-state index contributed by atoms with van der Waals surface area (Å²) in [4.78, 5) is 11.8. The number of carbonyl (C=O) groups excluding carboxylic acids is 1. The van der Waals surface area contributed by atoms with E-state index in [1.807, 2.05) is 0 Å². The fourth-order valence-electron chi connectivity index (χ4n) is 2.39. The average molecular weight is 368 g/mol. The highest BCUT2D eigenvalue weighted by molar-refractivity contribution is 5.89. The molecular formula is C18H24O8. The largest absolute Gasteiger partial charge is 0.458 e. The predicted molar refractivity (Wildman–Crippen MR) is 90.2 cm³/mol. The van der Waals surface area contributed by atoms with Crippen molar-refractivity contribution in [3.8, 4) is 0 Å². The van der Waals surface area contributed by atoms with Crippen molar-refractivity contribution in [3.63, 3.8) is 0 Å². The Kier molecular flexibility index (Phi) is 7.70. The van der Waals surface area contributed by atoms with Crippen molar-refractivity contribution in [2.75, 3.05) is 19.8 Å². The zero-order valence-electron chi connectivity index (χ0n) is 14.4. The van der Waals surface area contributed by atoms with Crippen LogP contribution in [-0.4, -0.2) is 76.9 Å². The van der Waals surface area contributed by atoms with Gasteiger partial charge in [0.05, 0.1) is 18.8 Å². The van der Waals surface area contributed by atoms with Gasteiger partial charge in [0.1, 0.15) is 31.0 Å². The fourth-order valence-corrected chi connectivity index (χ4v) is 2.39. The molecule has 0 unspecified atom stereocenters. The fraction of sp³-hybridized carbons (Fsp3) is 0.500. The molecule has 4 N–H and O–H groups in total. The Balaban J connectivity index is 1.79. The SMILES string of the molecule is C/C(=C\COC(=O)c1ccccc1)CO[C@@H]1O[C@H](CO)[C@@H](O)[C@H](O)[C@H]1O. The summed E-state index contributed by atoms with van der Waals surface area (Å²) in [6.45, 7) is 1.32. The van der Waals surface area contributed by atoms with E-state index in [-0.39, 0.29) is 13.2 Å². The third-order valence-corrected chi connectivity index (χ3v) is 3.98. The van der Waals surface area contributed by atoms with E-state index >= 15 is 0 Å². The molecule has 0 aliphatic carbocycles. The van der Waals surface area contributed by atoms with Crippen molar-refractivity contribution >= 4 is 5.97 Å². The van der Waals surface area contributed by atoms with Gasteiger partial charge in [0.25, 0.3) is 0 Å². The molecule has 144 valence electrons. The number of hydrogen-bond donors (Lipinski definition) is 4. The average Bonchev–Trinajstić information content (AvgIpc) is 2.66. The van der Waals surface area contributed by atoms with Gasteiger partial charge in [0, 0.05) is 0 Å². The van der Waals surface area contributed by atoms with Crippen molar-refractivity contribution in [1.82, 2.24) is 0 Å². The van der Waals surface area contributed by atoms with Crippen LogP contribution in [0.2, 0.25) is 0 Å². The van der Waals surface area contributed by atoms with Gasteiger partial charge in [-0.2, -0.15) is 0 Å². The molecule has 2 rings (SSSR count). The van der Waals surface area contributed by atoms with Crippen LogP contribution in [0, 0.1) is 0 Å². The number of carbonyl (C=O) groups is 1. The van der Waals surface area contributed by atoms with E-state index in [0.29, 0.717) is 11.1 Å². The van der Waals surface area contributed by atoms with Crippen LogP contribution in [0.5, 0.6) is 0 Å². The number of aliphatic hydroxyl groups excluding tert-OH is 4. The van der Waals surface area contributed by atoms with Crippen LogP contribution < -0.4 is 0 Å². The molecule has 1 fully saturated rings. The number of benzene rings is 1. The molecule has 0 bridgehead atoms. The maximum atomic E-state index is 11.8. The molecular weight excluding hydrogens is 344 g/mol. The van der Waals surface area contributed by atoms with Crippen LogP contribution >= 0.6 is 0 Å². The van der Waals surface area contributed by atoms with Crippen molar-refractivity contribution in [2.45, 2.75) is 37.6 Å². The molecule has 8 nitrogen and oxygen atoms in total. The number of esters is 1. The zero-order chi connectivity index (χ0) is 19.1. The molecule has 0 amide bonds. The van der Waals surface area contributed by atoms with Crippen molar-refractivity contribution in [1.29, 1.82) is 0 Å². The van der Waals surface area contributed by atoms with Crippen molar-refractivity contribution < 1.29 is 39.4 Å². The second-order valence-electron chi connectivity index (χ2n) is 6.02. The maximum absolute atomic E-state index is 11.8. The quantitative estimate of drug-likeness (QED) is 0.379. The molecule has 1 aliphatic rings. The zero-order valence-corrected chi connectivity index (χ0v) is 14.4. The van der Waals surface area contributed by atoms with Crippen LogP contribution in [0.15, 0.2) is 42.0 Å². The van der Waals surface area contributed by atoms with E-state index in [2.05, 4.69) is 0 Å². The molecule has 5 atom stereocenters. The molecule has 0 spiro atoms. The van der Waals surface area contributed by atoms with Gasteiger partial charge in [-0.05, 0) is 30.7 Å². The number of ether oxygens (including phenoxy) is 3. The lowest BCUT2D eigenvalue weighted by Crippen LogP contribution is -2.59. The van der Waals surface area contributed by atoms with Gasteiger partial charge in [0.15, 0.2) is 6.29 Å². The first-order valence-electron chi connectivity index (χ1n) is 8.24. The molecule has 0 saturated carbocycles. The lowest BCUT2D eigenvalue weighted by Gasteiger charge is -2.39. The summed E-state index contributed by atoms with van der Waals surface area (Å²) in [5.74, 6) is -0.440. The second kappa shape index (κ2) is 9.77. The van der Waals surface area contributed by atoms with E-state index in [4.69, 9.17) is 19.3 Å². The predicted octanol–water partition coefficient (Wildman–Crippen LogP) is -0.394. The Bertz CT molecular complexity index is 600. The Morgan fingerprint density at radius 1 is 1.15 bits per heavy atom. The highest BCUT2D eigenvalue weighted by atomic mass is 16.7.